The van der Waals surface area contributed by atoms with Gasteiger partial charge < -0.3 is 14.9 Å². The van der Waals surface area contributed by atoms with E-state index in [4.69, 9.17) is 5.11 Å². The van der Waals surface area contributed by atoms with Gasteiger partial charge in [-0.1, -0.05) is 0 Å². The van der Waals surface area contributed by atoms with E-state index < -0.39 is 10.9 Å². The van der Waals surface area contributed by atoms with Crippen LogP contribution in [-0.4, -0.2) is 64.4 Å². The molecule has 0 amide bonds. The van der Waals surface area contributed by atoms with Gasteiger partial charge in [-0.2, -0.15) is 0 Å². The van der Waals surface area contributed by atoms with Crippen LogP contribution in [0.1, 0.15) is 0 Å². The summed E-state index contributed by atoms with van der Waals surface area (Å²) in [5.74, 6) is -0.976. The first-order chi connectivity index (χ1) is 8.81. The van der Waals surface area contributed by atoms with Crippen molar-refractivity contribution in [3.63, 3.8) is 0 Å². The lowest BCUT2D eigenvalue weighted by Crippen LogP contribution is -2.36. The number of aryl methyl sites for hydroxylation is 1. The Kier molecular flexibility index (Phi) is 4.81. The fourth-order valence-electron chi connectivity index (χ4n) is 1.56. The lowest BCUT2D eigenvalue weighted by Gasteiger charge is -2.21. The van der Waals surface area contributed by atoms with Crippen molar-refractivity contribution in [2.24, 2.45) is 7.05 Å². The zero-order valence-corrected chi connectivity index (χ0v) is 11.1. The Morgan fingerprint density at radius 3 is 2.63 bits per heavy atom. The summed E-state index contributed by atoms with van der Waals surface area (Å²) in [7, 11) is 5.24. The van der Waals surface area contributed by atoms with Gasteiger partial charge in [0.15, 0.2) is 0 Å². The van der Waals surface area contributed by atoms with Gasteiger partial charge in [0, 0.05) is 20.1 Å². The molecule has 9 heteroatoms. The van der Waals surface area contributed by atoms with Crippen molar-refractivity contribution in [3.8, 4) is 0 Å². The van der Waals surface area contributed by atoms with Crippen molar-refractivity contribution in [2.45, 2.75) is 0 Å². The molecule has 0 saturated heterocycles. The van der Waals surface area contributed by atoms with Crippen molar-refractivity contribution in [3.05, 3.63) is 16.3 Å². The second kappa shape index (κ2) is 6.14. The number of carboxylic acids is 1. The predicted molar refractivity (Wildman–Crippen MR) is 68.3 cm³/mol. The number of anilines is 1. The Bertz CT molecular complexity index is 470. The number of carbonyl (C=O) groups is 1. The van der Waals surface area contributed by atoms with Gasteiger partial charge in [-0.3, -0.25) is 19.6 Å². The van der Waals surface area contributed by atoms with Crippen molar-refractivity contribution >= 4 is 17.5 Å². The maximum atomic E-state index is 10.9. The normalized spacial score (nSPS) is 10.7. The highest BCUT2D eigenvalue weighted by Crippen LogP contribution is 2.25. The summed E-state index contributed by atoms with van der Waals surface area (Å²) in [5.41, 5.74) is -0.192. The monoisotopic (exact) mass is 271 g/mol. The zero-order valence-electron chi connectivity index (χ0n) is 11.1. The molecular formula is C10H17N5O4. The van der Waals surface area contributed by atoms with Crippen LogP contribution in [0.15, 0.2) is 6.20 Å². The molecule has 0 atom stereocenters. The van der Waals surface area contributed by atoms with Gasteiger partial charge in [-0.05, 0) is 14.1 Å². The Morgan fingerprint density at radius 1 is 1.53 bits per heavy atom. The van der Waals surface area contributed by atoms with E-state index in [1.165, 1.54) is 15.8 Å². The van der Waals surface area contributed by atoms with E-state index in [1.54, 1.807) is 7.05 Å². The van der Waals surface area contributed by atoms with Gasteiger partial charge in [0.05, 0.1) is 4.92 Å². The Balaban J connectivity index is 3.01. The van der Waals surface area contributed by atoms with Gasteiger partial charge in [0.25, 0.3) is 0 Å². The molecule has 0 aromatic carbocycles. The number of likely N-dealkylation sites (N-methyl/N-ethyl adjacent to an activating group) is 1. The maximum Gasteiger partial charge on any atom is 0.330 e. The lowest BCUT2D eigenvalue weighted by atomic mass is 10.4. The smallest absolute Gasteiger partial charge is 0.330 e. The van der Waals surface area contributed by atoms with E-state index in [1.807, 2.05) is 19.0 Å². The molecule has 19 heavy (non-hydrogen) atoms. The second-order valence-corrected chi connectivity index (χ2v) is 4.39. The van der Waals surface area contributed by atoms with Crippen LogP contribution in [0.5, 0.6) is 0 Å². The Morgan fingerprint density at radius 2 is 2.16 bits per heavy atom. The minimum absolute atomic E-state index is 0.0803. The molecule has 0 unspecified atom stereocenters. The summed E-state index contributed by atoms with van der Waals surface area (Å²) in [5, 5.41) is 23.8. The van der Waals surface area contributed by atoms with E-state index in [0.29, 0.717) is 13.1 Å². The molecule has 0 spiro atoms. The van der Waals surface area contributed by atoms with Crippen LogP contribution in [0.2, 0.25) is 0 Å². The minimum Gasteiger partial charge on any atom is -0.480 e. The van der Waals surface area contributed by atoms with Gasteiger partial charge >= 0.3 is 11.7 Å². The Hall–Kier alpha value is -2.16. The molecule has 0 aliphatic heterocycles. The fourth-order valence-corrected chi connectivity index (χ4v) is 1.56. The van der Waals surface area contributed by atoms with E-state index in [0.717, 1.165) is 0 Å². The van der Waals surface area contributed by atoms with Crippen molar-refractivity contribution in [1.82, 2.24) is 14.7 Å². The van der Waals surface area contributed by atoms with Crippen molar-refractivity contribution < 1.29 is 14.8 Å². The number of nitrogens with zero attached hydrogens (tertiary/aromatic N) is 5. The molecule has 106 valence electrons. The minimum atomic E-state index is -1.06. The molecule has 1 aromatic rings. The van der Waals surface area contributed by atoms with Crippen molar-refractivity contribution in [2.75, 3.05) is 38.6 Å². The summed E-state index contributed by atoms with van der Waals surface area (Å²) in [6.07, 6.45) is 1.26. The Labute approximate surface area is 110 Å². The largest absolute Gasteiger partial charge is 0.480 e. The number of nitro groups is 1. The molecule has 9 nitrogen and oxygen atoms in total. The van der Waals surface area contributed by atoms with Gasteiger partial charge in [0.2, 0.25) is 5.82 Å². The highest BCUT2D eigenvalue weighted by molar-refractivity contribution is 5.74. The average molecular weight is 271 g/mol. The molecule has 0 bridgehead atoms. The van der Waals surface area contributed by atoms with E-state index in [2.05, 4.69) is 5.10 Å². The highest BCUT2D eigenvalue weighted by Gasteiger charge is 2.25. The number of carboxylic acid groups (broad SMARTS) is 1. The molecule has 1 heterocycles. The van der Waals surface area contributed by atoms with Crippen LogP contribution in [0.4, 0.5) is 11.5 Å². The van der Waals surface area contributed by atoms with Crippen LogP contribution in [0.3, 0.4) is 0 Å². The number of hydrogen-bond donors (Lipinski definition) is 1. The number of hydrogen-bond acceptors (Lipinski definition) is 6. The molecule has 1 rings (SSSR count). The first kappa shape index (κ1) is 14.9. The molecule has 1 N–H and O–H groups in total. The first-order valence-corrected chi connectivity index (χ1v) is 5.60. The van der Waals surface area contributed by atoms with E-state index in [9.17, 15) is 14.9 Å². The van der Waals surface area contributed by atoms with Crippen molar-refractivity contribution in [1.29, 1.82) is 0 Å². The number of aromatic nitrogens is 2. The molecule has 0 aliphatic rings. The summed E-state index contributed by atoms with van der Waals surface area (Å²) in [6.45, 7) is 0.587. The van der Waals surface area contributed by atoms with E-state index >= 15 is 0 Å². The maximum absolute atomic E-state index is 10.9. The van der Waals surface area contributed by atoms with Crippen LogP contribution in [0, 0.1) is 10.1 Å². The highest BCUT2D eigenvalue weighted by atomic mass is 16.6. The molecule has 0 radical (unpaired) electrons. The molecule has 0 saturated carbocycles. The molecule has 0 fully saturated rings. The summed E-state index contributed by atoms with van der Waals surface area (Å²) in [6, 6.07) is 0. The van der Waals surface area contributed by atoms with Gasteiger partial charge in [0.1, 0.15) is 12.7 Å². The SMILES string of the molecule is CN(C)CCN(CC(=O)O)c1nn(C)cc1[N+](=O)[O-]. The average Bonchev–Trinajstić information content (AvgIpc) is 2.66. The summed E-state index contributed by atoms with van der Waals surface area (Å²) in [4.78, 5) is 24.5. The topological polar surface area (TPSA) is 105 Å². The number of aliphatic carboxylic acids is 1. The quantitative estimate of drug-likeness (QED) is 0.540. The molecule has 1 aromatic heterocycles. The predicted octanol–water partition coefficient (Wildman–Crippen LogP) is -0.219. The van der Waals surface area contributed by atoms with E-state index in [-0.39, 0.29) is 18.1 Å². The summed E-state index contributed by atoms with van der Waals surface area (Å²) < 4.78 is 1.30. The third kappa shape index (κ3) is 4.21. The molecule has 0 aliphatic carbocycles. The fraction of sp³-hybridized carbons (Fsp3) is 0.600. The third-order valence-corrected chi connectivity index (χ3v) is 2.43. The third-order valence-electron chi connectivity index (χ3n) is 2.43. The van der Waals surface area contributed by atoms with Crippen LogP contribution in [-0.2, 0) is 11.8 Å². The van der Waals surface area contributed by atoms with Crippen LogP contribution < -0.4 is 4.90 Å². The molecular weight excluding hydrogens is 254 g/mol. The lowest BCUT2D eigenvalue weighted by molar-refractivity contribution is -0.384. The van der Waals surface area contributed by atoms with Crippen LogP contribution >= 0.6 is 0 Å². The number of rotatable bonds is 7. The second-order valence-electron chi connectivity index (χ2n) is 4.39. The first-order valence-electron chi connectivity index (χ1n) is 5.60. The zero-order chi connectivity index (χ0) is 14.6. The standard InChI is InChI=1S/C10H17N5O4/c1-12(2)4-5-14(7-9(16)17)10-8(15(18)19)6-13(3)11-10/h6H,4-5,7H2,1-3H3,(H,16,17). The summed E-state index contributed by atoms with van der Waals surface area (Å²) >= 11 is 0. The van der Waals surface area contributed by atoms with Gasteiger partial charge in [-0.15, -0.1) is 5.10 Å². The van der Waals surface area contributed by atoms with Gasteiger partial charge in [-0.25, -0.2) is 0 Å². The van der Waals surface area contributed by atoms with Crippen LogP contribution in [0.25, 0.3) is 0 Å².